The molecule has 2 aliphatic rings. The first-order chi connectivity index (χ1) is 13.9. The molecule has 0 saturated carbocycles. The van der Waals surface area contributed by atoms with E-state index in [1.165, 1.54) is 9.80 Å². The van der Waals surface area contributed by atoms with Crippen molar-refractivity contribution in [2.75, 3.05) is 4.90 Å². The number of para-hydroxylation sites is 1. The maximum atomic E-state index is 13.5. The Bertz CT molecular complexity index is 1000. The molecule has 2 aromatic carbocycles. The van der Waals surface area contributed by atoms with E-state index >= 15 is 0 Å². The van der Waals surface area contributed by atoms with Gasteiger partial charge in [-0.15, -0.1) is 0 Å². The third-order valence-corrected chi connectivity index (χ3v) is 5.76. The monoisotopic (exact) mass is 392 g/mol. The van der Waals surface area contributed by atoms with E-state index in [1.54, 1.807) is 24.3 Å². The van der Waals surface area contributed by atoms with Crippen LogP contribution in [0.3, 0.4) is 0 Å². The van der Waals surface area contributed by atoms with Crippen LogP contribution in [0, 0.1) is 6.92 Å². The van der Waals surface area contributed by atoms with E-state index in [4.69, 9.17) is 4.74 Å². The molecule has 4 rings (SSSR count). The summed E-state index contributed by atoms with van der Waals surface area (Å²) in [6.07, 6.45) is 0.404. The largest absolute Gasteiger partial charge is 0.458 e. The molecule has 6 nitrogen and oxygen atoms in total. The van der Waals surface area contributed by atoms with Crippen molar-refractivity contribution in [3.63, 3.8) is 0 Å². The minimum atomic E-state index is -1.45. The SMILES string of the molecule is Cc1ccccc1COC(=O)[C@]12CCC(=O)N1c1ccccc1C(=O)N2C(C)C. The third kappa shape index (κ3) is 2.82. The zero-order valence-corrected chi connectivity index (χ0v) is 16.8. The maximum absolute atomic E-state index is 13.5. The normalized spacial score (nSPS) is 20.7. The molecule has 0 aromatic heterocycles. The molecule has 2 amide bonds. The summed E-state index contributed by atoms with van der Waals surface area (Å²) in [7, 11) is 0. The number of amides is 2. The molecule has 1 atom stereocenters. The fraction of sp³-hybridized carbons (Fsp3) is 0.348. The van der Waals surface area contributed by atoms with Crippen LogP contribution in [0.1, 0.15) is 48.2 Å². The Hall–Kier alpha value is -3.15. The lowest BCUT2D eigenvalue weighted by molar-refractivity contribution is -0.159. The third-order valence-electron chi connectivity index (χ3n) is 5.76. The van der Waals surface area contributed by atoms with Crippen LogP contribution in [-0.4, -0.2) is 34.4 Å². The second-order valence-electron chi connectivity index (χ2n) is 7.83. The van der Waals surface area contributed by atoms with Gasteiger partial charge in [0.25, 0.3) is 5.91 Å². The van der Waals surface area contributed by atoms with Crippen molar-refractivity contribution in [2.24, 2.45) is 0 Å². The van der Waals surface area contributed by atoms with E-state index < -0.39 is 11.6 Å². The Morgan fingerprint density at radius 1 is 1.10 bits per heavy atom. The minimum absolute atomic E-state index is 0.0943. The summed E-state index contributed by atoms with van der Waals surface area (Å²) in [5.74, 6) is -0.999. The zero-order chi connectivity index (χ0) is 20.8. The topological polar surface area (TPSA) is 66.9 Å². The van der Waals surface area contributed by atoms with Crippen LogP contribution in [0.15, 0.2) is 48.5 Å². The summed E-state index contributed by atoms with van der Waals surface area (Å²) in [4.78, 5) is 42.7. The molecule has 1 saturated heterocycles. The number of nitrogens with zero attached hydrogens (tertiary/aromatic N) is 2. The van der Waals surface area contributed by atoms with Crippen LogP contribution in [-0.2, 0) is 20.9 Å². The van der Waals surface area contributed by atoms with Gasteiger partial charge in [0.1, 0.15) is 6.61 Å². The molecule has 1 fully saturated rings. The summed E-state index contributed by atoms with van der Waals surface area (Å²) in [5, 5.41) is 0. The van der Waals surface area contributed by atoms with E-state index in [0.29, 0.717) is 11.3 Å². The van der Waals surface area contributed by atoms with Crippen molar-refractivity contribution in [3.8, 4) is 0 Å². The van der Waals surface area contributed by atoms with Crippen LogP contribution >= 0.6 is 0 Å². The number of aryl methyl sites for hydroxylation is 1. The predicted molar refractivity (Wildman–Crippen MR) is 108 cm³/mol. The van der Waals surface area contributed by atoms with Crippen molar-refractivity contribution in [2.45, 2.75) is 51.9 Å². The van der Waals surface area contributed by atoms with E-state index in [1.807, 2.05) is 45.0 Å². The first kappa shape index (κ1) is 19.2. The number of hydrogen-bond acceptors (Lipinski definition) is 4. The Balaban J connectivity index is 1.77. The van der Waals surface area contributed by atoms with Gasteiger partial charge in [-0.05, 0) is 44.0 Å². The smallest absolute Gasteiger partial charge is 0.354 e. The van der Waals surface area contributed by atoms with Crippen LogP contribution < -0.4 is 4.90 Å². The molecule has 2 aliphatic heterocycles. The molecular formula is C23H24N2O4. The van der Waals surface area contributed by atoms with Crippen LogP contribution in [0.2, 0.25) is 0 Å². The summed E-state index contributed by atoms with van der Waals surface area (Å²) >= 11 is 0. The van der Waals surface area contributed by atoms with Gasteiger partial charge in [0.15, 0.2) is 0 Å². The molecule has 2 heterocycles. The van der Waals surface area contributed by atoms with Crippen molar-refractivity contribution in [1.82, 2.24) is 4.90 Å². The highest BCUT2D eigenvalue weighted by Gasteiger charge is 2.62. The molecule has 2 aromatic rings. The van der Waals surface area contributed by atoms with Gasteiger partial charge in [-0.1, -0.05) is 36.4 Å². The van der Waals surface area contributed by atoms with Crippen molar-refractivity contribution in [3.05, 3.63) is 65.2 Å². The van der Waals surface area contributed by atoms with Crippen LogP contribution in [0.5, 0.6) is 0 Å². The number of benzene rings is 2. The van der Waals surface area contributed by atoms with E-state index in [-0.39, 0.29) is 37.3 Å². The van der Waals surface area contributed by atoms with Gasteiger partial charge in [0, 0.05) is 18.9 Å². The molecule has 6 heteroatoms. The van der Waals surface area contributed by atoms with Gasteiger partial charge in [-0.2, -0.15) is 0 Å². The van der Waals surface area contributed by atoms with Gasteiger partial charge in [0.05, 0.1) is 11.3 Å². The second kappa shape index (κ2) is 7.03. The molecule has 150 valence electrons. The minimum Gasteiger partial charge on any atom is -0.458 e. The van der Waals surface area contributed by atoms with Crippen LogP contribution in [0.4, 0.5) is 5.69 Å². The lowest BCUT2D eigenvalue weighted by Crippen LogP contribution is -2.70. The van der Waals surface area contributed by atoms with E-state index in [9.17, 15) is 14.4 Å². The second-order valence-corrected chi connectivity index (χ2v) is 7.83. The highest BCUT2D eigenvalue weighted by Crippen LogP contribution is 2.46. The van der Waals surface area contributed by atoms with Crippen molar-refractivity contribution < 1.29 is 19.1 Å². The number of esters is 1. The molecule has 0 radical (unpaired) electrons. The summed E-state index contributed by atoms with van der Waals surface area (Å²) < 4.78 is 5.72. The number of anilines is 1. The molecule has 0 N–H and O–H groups in total. The number of hydrogen-bond donors (Lipinski definition) is 0. The van der Waals surface area contributed by atoms with Crippen molar-refractivity contribution in [1.29, 1.82) is 0 Å². The average molecular weight is 392 g/mol. The average Bonchev–Trinajstić information content (AvgIpc) is 3.05. The Morgan fingerprint density at radius 2 is 1.79 bits per heavy atom. The van der Waals surface area contributed by atoms with Gasteiger partial charge in [-0.25, -0.2) is 4.79 Å². The molecule has 0 unspecified atom stereocenters. The fourth-order valence-electron chi connectivity index (χ4n) is 4.40. The highest BCUT2D eigenvalue weighted by atomic mass is 16.5. The highest BCUT2D eigenvalue weighted by molar-refractivity contribution is 6.15. The summed E-state index contributed by atoms with van der Waals surface area (Å²) in [5.41, 5.74) is 1.37. The van der Waals surface area contributed by atoms with Crippen molar-refractivity contribution >= 4 is 23.5 Å². The Labute approximate surface area is 170 Å². The number of rotatable bonds is 4. The fourth-order valence-corrected chi connectivity index (χ4v) is 4.40. The van der Waals surface area contributed by atoms with Crippen LogP contribution in [0.25, 0.3) is 0 Å². The molecule has 0 aliphatic carbocycles. The summed E-state index contributed by atoms with van der Waals surface area (Å²) in [6, 6.07) is 14.3. The number of carbonyl (C=O) groups excluding carboxylic acids is 3. The molecule has 0 bridgehead atoms. The summed E-state index contributed by atoms with van der Waals surface area (Å²) in [6.45, 7) is 5.75. The Kier molecular flexibility index (Phi) is 4.65. The first-order valence-corrected chi connectivity index (χ1v) is 9.85. The molecular weight excluding hydrogens is 368 g/mol. The van der Waals surface area contributed by atoms with E-state index in [0.717, 1.165) is 11.1 Å². The predicted octanol–water partition coefficient (Wildman–Crippen LogP) is 3.43. The Morgan fingerprint density at radius 3 is 2.52 bits per heavy atom. The molecule has 29 heavy (non-hydrogen) atoms. The maximum Gasteiger partial charge on any atom is 0.354 e. The van der Waals surface area contributed by atoms with E-state index in [2.05, 4.69) is 0 Å². The van der Waals surface area contributed by atoms with Gasteiger partial charge in [-0.3, -0.25) is 14.5 Å². The van der Waals surface area contributed by atoms with Gasteiger partial charge < -0.3 is 9.64 Å². The lowest BCUT2D eigenvalue weighted by Gasteiger charge is -2.50. The zero-order valence-electron chi connectivity index (χ0n) is 16.8. The van der Waals surface area contributed by atoms with Gasteiger partial charge in [0.2, 0.25) is 11.6 Å². The quantitative estimate of drug-likeness (QED) is 0.748. The number of carbonyl (C=O) groups is 3. The van der Waals surface area contributed by atoms with Gasteiger partial charge >= 0.3 is 5.97 Å². The standard InChI is InChI=1S/C23H24N2O4/c1-15(2)24-21(27)18-10-6-7-11-19(18)25-20(26)12-13-23(24,25)22(28)29-14-17-9-5-4-8-16(17)3/h4-11,15H,12-14H2,1-3H3/t23-/m0/s1. The lowest BCUT2D eigenvalue weighted by atomic mass is 9.95. The molecule has 0 spiro atoms. The first-order valence-electron chi connectivity index (χ1n) is 9.85. The number of ether oxygens (including phenoxy) is 1. The number of fused-ring (bicyclic) bond motifs is 3.